The quantitative estimate of drug-likeness (QED) is 0.633. The van der Waals surface area contributed by atoms with E-state index in [1.165, 1.54) is 30.7 Å². The smallest absolute Gasteiger partial charge is 0.243 e. The second kappa shape index (κ2) is 9.32. The number of piperazine rings is 1. The summed E-state index contributed by atoms with van der Waals surface area (Å²) in [7, 11) is -0.718. The average Bonchev–Trinajstić information content (AvgIpc) is 2.71. The number of carbonyl (C=O) groups is 1. The number of hydrogen-bond acceptors (Lipinski definition) is 7. The highest BCUT2D eigenvalue weighted by Crippen LogP contribution is 2.31. The molecule has 9 nitrogen and oxygen atoms in total. The van der Waals surface area contributed by atoms with Crippen molar-refractivity contribution < 1.29 is 27.4 Å². The number of rotatable bonds is 6. The lowest BCUT2D eigenvalue weighted by atomic mass is 10.1. The first-order valence-corrected chi connectivity index (χ1v) is 11.9. The van der Waals surface area contributed by atoms with E-state index < -0.39 is 10.0 Å². The van der Waals surface area contributed by atoms with E-state index in [4.69, 9.17) is 14.2 Å². The third-order valence-corrected chi connectivity index (χ3v) is 7.48. The minimum Gasteiger partial charge on any atom is -0.493 e. The van der Waals surface area contributed by atoms with E-state index in [-0.39, 0.29) is 35.6 Å². The van der Waals surface area contributed by atoms with Crippen LogP contribution in [0.2, 0.25) is 0 Å². The summed E-state index contributed by atoms with van der Waals surface area (Å²) < 4.78 is 43.8. The molecule has 31 heavy (non-hydrogen) atoms. The lowest BCUT2D eigenvalue weighted by molar-refractivity contribution is -0.146. The van der Waals surface area contributed by atoms with Crippen LogP contribution in [0.4, 0.5) is 0 Å². The van der Waals surface area contributed by atoms with Gasteiger partial charge in [0.2, 0.25) is 15.9 Å². The van der Waals surface area contributed by atoms with Gasteiger partial charge in [0.1, 0.15) is 0 Å². The van der Waals surface area contributed by atoms with Crippen LogP contribution >= 0.6 is 0 Å². The van der Waals surface area contributed by atoms with E-state index in [0.717, 1.165) is 0 Å². The van der Waals surface area contributed by atoms with Crippen molar-refractivity contribution in [3.8, 4) is 11.5 Å². The fourth-order valence-electron chi connectivity index (χ4n) is 4.30. The molecule has 0 bridgehead atoms. The number of nitrogens with zero attached hydrogens (tertiary/aromatic N) is 3. The molecule has 2 saturated heterocycles. The first kappa shape index (κ1) is 23.8. The van der Waals surface area contributed by atoms with Gasteiger partial charge in [-0.1, -0.05) is 0 Å². The highest BCUT2D eigenvalue weighted by Gasteiger charge is 2.34. The summed E-state index contributed by atoms with van der Waals surface area (Å²) in [6, 6.07) is 4.55. The topological polar surface area (TPSA) is 88.6 Å². The molecule has 1 aromatic rings. The van der Waals surface area contributed by atoms with Crippen LogP contribution in [0.1, 0.15) is 20.8 Å². The van der Waals surface area contributed by atoms with Gasteiger partial charge in [0.15, 0.2) is 11.5 Å². The van der Waals surface area contributed by atoms with Crippen molar-refractivity contribution >= 4 is 15.9 Å². The molecule has 0 aromatic heterocycles. The maximum atomic E-state index is 13.1. The summed E-state index contributed by atoms with van der Waals surface area (Å²) >= 11 is 0. The van der Waals surface area contributed by atoms with E-state index in [2.05, 4.69) is 4.90 Å². The summed E-state index contributed by atoms with van der Waals surface area (Å²) in [4.78, 5) is 16.8. The molecule has 2 fully saturated rings. The van der Waals surface area contributed by atoms with E-state index >= 15 is 0 Å². The maximum Gasteiger partial charge on any atom is 0.243 e. The van der Waals surface area contributed by atoms with Crippen LogP contribution in [-0.4, -0.2) is 100 Å². The lowest BCUT2D eigenvalue weighted by Gasteiger charge is -2.42. The zero-order chi connectivity index (χ0) is 22.8. The molecule has 1 amide bonds. The Balaban J connectivity index is 1.60. The molecule has 1 aromatic carbocycles. The molecule has 0 radical (unpaired) electrons. The van der Waals surface area contributed by atoms with Gasteiger partial charge in [0, 0.05) is 45.3 Å². The minimum absolute atomic E-state index is 0.0214. The van der Waals surface area contributed by atoms with Crippen LogP contribution in [-0.2, 0) is 19.6 Å². The Labute approximate surface area is 184 Å². The number of amides is 1. The summed E-state index contributed by atoms with van der Waals surface area (Å²) in [5.74, 6) is 0.852. The summed E-state index contributed by atoms with van der Waals surface area (Å²) in [6.45, 7) is 9.04. The van der Waals surface area contributed by atoms with E-state index in [1.807, 2.05) is 20.8 Å². The average molecular weight is 456 g/mol. The summed E-state index contributed by atoms with van der Waals surface area (Å²) in [5, 5.41) is 0. The molecular weight excluding hydrogens is 422 g/mol. The largest absolute Gasteiger partial charge is 0.493 e. The number of sulfonamides is 1. The van der Waals surface area contributed by atoms with Crippen molar-refractivity contribution in [1.29, 1.82) is 0 Å². The second-order valence-electron chi connectivity index (χ2n) is 8.66. The zero-order valence-corrected chi connectivity index (χ0v) is 19.8. The predicted octanol–water partition coefficient (Wildman–Crippen LogP) is 1.04. The Kier molecular flexibility index (Phi) is 7.14. The Bertz CT molecular complexity index is 896. The van der Waals surface area contributed by atoms with Crippen molar-refractivity contribution in [1.82, 2.24) is 14.1 Å². The third kappa shape index (κ3) is 5.49. The molecule has 0 saturated carbocycles. The van der Waals surface area contributed by atoms with Gasteiger partial charge in [-0.3, -0.25) is 9.69 Å². The first-order valence-electron chi connectivity index (χ1n) is 10.5. The van der Waals surface area contributed by atoms with Crippen LogP contribution in [0.15, 0.2) is 23.1 Å². The Hall–Kier alpha value is -1.88. The molecule has 1 unspecified atom stereocenters. The van der Waals surface area contributed by atoms with Crippen LogP contribution < -0.4 is 9.47 Å². The van der Waals surface area contributed by atoms with Crippen LogP contribution in [0.5, 0.6) is 11.5 Å². The Morgan fingerprint density at radius 2 is 1.77 bits per heavy atom. The highest BCUT2D eigenvalue weighted by molar-refractivity contribution is 7.89. The van der Waals surface area contributed by atoms with Gasteiger partial charge in [-0.2, -0.15) is 4.31 Å². The molecule has 0 N–H and O–H groups in total. The molecule has 2 aliphatic rings. The van der Waals surface area contributed by atoms with Gasteiger partial charge in [-0.15, -0.1) is 0 Å². The normalized spacial score (nSPS) is 22.9. The van der Waals surface area contributed by atoms with Crippen molar-refractivity contribution in [3.63, 3.8) is 0 Å². The van der Waals surface area contributed by atoms with E-state index in [9.17, 15) is 13.2 Å². The SMILES string of the molecule is COc1ccc(S(=O)(=O)N2CCN(C(=O)CN3CC(C)OC(C)(C)C3)CC2)cc1OC. The molecule has 2 heterocycles. The van der Waals surface area contributed by atoms with Gasteiger partial charge in [-0.25, -0.2) is 8.42 Å². The molecule has 3 rings (SSSR count). The monoisotopic (exact) mass is 455 g/mol. The summed E-state index contributed by atoms with van der Waals surface area (Å²) in [6.07, 6.45) is 0.0695. The zero-order valence-electron chi connectivity index (χ0n) is 19.0. The lowest BCUT2D eigenvalue weighted by Crippen LogP contribution is -2.56. The van der Waals surface area contributed by atoms with Crippen LogP contribution in [0, 0.1) is 0 Å². The Morgan fingerprint density at radius 3 is 2.35 bits per heavy atom. The number of ether oxygens (including phenoxy) is 3. The van der Waals surface area contributed by atoms with Crippen molar-refractivity contribution in [3.05, 3.63) is 18.2 Å². The molecule has 0 spiro atoms. The van der Waals surface area contributed by atoms with E-state index in [1.54, 1.807) is 11.0 Å². The number of morpholine rings is 1. The van der Waals surface area contributed by atoms with Crippen molar-refractivity contribution in [2.75, 3.05) is 60.0 Å². The van der Waals surface area contributed by atoms with Crippen LogP contribution in [0.25, 0.3) is 0 Å². The minimum atomic E-state index is -3.69. The van der Waals surface area contributed by atoms with Gasteiger partial charge < -0.3 is 19.1 Å². The third-order valence-electron chi connectivity index (χ3n) is 5.58. The van der Waals surface area contributed by atoms with Crippen molar-refractivity contribution in [2.45, 2.75) is 37.4 Å². The number of hydrogen-bond donors (Lipinski definition) is 0. The van der Waals surface area contributed by atoms with Gasteiger partial charge in [0.05, 0.1) is 37.4 Å². The standard InChI is InChI=1S/C21H33N3O6S/c1-16-13-22(15-21(2,3)30-16)14-20(25)23-8-10-24(11-9-23)31(26,27)17-6-7-18(28-4)19(12-17)29-5/h6-7,12,16H,8-11,13-15H2,1-5H3. The molecule has 174 valence electrons. The number of carbonyl (C=O) groups excluding carboxylic acids is 1. The highest BCUT2D eigenvalue weighted by atomic mass is 32.2. The maximum absolute atomic E-state index is 13.1. The number of benzene rings is 1. The van der Waals surface area contributed by atoms with Gasteiger partial charge in [-0.05, 0) is 32.9 Å². The fourth-order valence-corrected chi connectivity index (χ4v) is 5.74. The Morgan fingerprint density at radius 1 is 1.13 bits per heavy atom. The van der Waals surface area contributed by atoms with Crippen LogP contribution in [0.3, 0.4) is 0 Å². The van der Waals surface area contributed by atoms with Gasteiger partial charge >= 0.3 is 0 Å². The molecule has 2 aliphatic heterocycles. The predicted molar refractivity (Wildman–Crippen MR) is 116 cm³/mol. The second-order valence-corrected chi connectivity index (χ2v) is 10.6. The van der Waals surface area contributed by atoms with Gasteiger partial charge in [0.25, 0.3) is 0 Å². The molecular formula is C21H33N3O6S. The molecule has 0 aliphatic carbocycles. The first-order chi connectivity index (χ1) is 14.6. The molecule has 1 atom stereocenters. The fraction of sp³-hybridized carbons (Fsp3) is 0.667. The number of methoxy groups -OCH3 is 2. The summed E-state index contributed by atoms with van der Waals surface area (Å²) in [5.41, 5.74) is -0.288. The molecule has 10 heteroatoms. The van der Waals surface area contributed by atoms with Crippen molar-refractivity contribution in [2.24, 2.45) is 0 Å². The van der Waals surface area contributed by atoms with E-state index in [0.29, 0.717) is 44.2 Å².